The van der Waals surface area contributed by atoms with Crippen LogP contribution in [0, 0.1) is 0 Å². The smallest absolute Gasteiger partial charge is 0.333 e. The third kappa shape index (κ3) is 6.12. The molecule has 0 N–H and O–H groups in total. The van der Waals surface area contributed by atoms with Gasteiger partial charge < -0.3 is 9.64 Å². The number of esters is 1. The molecule has 0 aromatic heterocycles. The maximum absolute atomic E-state index is 12.7. The first-order chi connectivity index (χ1) is 12.0. The molecule has 1 amide bonds. The summed E-state index contributed by atoms with van der Waals surface area (Å²) >= 11 is 12.0. The van der Waals surface area contributed by atoms with Gasteiger partial charge in [0.05, 0.1) is 19.4 Å². The van der Waals surface area contributed by atoms with E-state index in [2.05, 4.69) is 0 Å². The van der Waals surface area contributed by atoms with Crippen LogP contribution in [0.3, 0.4) is 0 Å². The molecule has 0 saturated carbocycles. The summed E-state index contributed by atoms with van der Waals surface area (Å²) in [7, 11) is -2.26. The highest BCUT2D eigenvalue weighted by atomic mass is 35.5. The third-order valence-corrected chi connectivity index (χ3v) is 5.31. The Labute approximate surface area is 163 Å². The molecule has 0 fully saturated rings. The molecule has 7 nitrogen and oxygen atoms in total. The first-order valence-electron chi connectivity index (χ1n) is 7.84. The fourth-order valence-electron chi connectivity index (χ4n) is 2.30. The Bertz CT molecular complexity index is 750. The van der Waals surface area contributed by atoms with E-state index in [-0.39, 0.29) is 13.2 Å². The lowest BCUT2D eigenvalue weighted by Crippen LogP contribution is -2.45. The van der Waals surface area contributed by atoms with Crippen LogP contribution in [0.5, 0.6) is 0 Å². The van der Waals surface area contributed by atoms with Gasteiger partial charge in [-0.15, -0.1) is 0 Å². The molecular formula is C16H22Cl2N2O5S. The molecule has 1 aromatic rings. The van der Waals surface area contributed by atoms with Crippen molar-refractivity contribution in [2.75, 3.05) is 33.0 Å². The third-order valence-electron chi connectivity index (χ3n) is 3.61. The Hall–Kier alpha value is -1.35. The summed E-state index contributed by atoms with van der Waals surface area (Å²) in [4.78, 5) is 26.4. The van der Waals surface area contributed by atoms with Crippen molar-refractivity contribution in [3.63, 3.8) is 0 Å². The molecule has 1 rings (SSSR count). The summed E-state index contributed by atoms with van der Waals surface area (Å²) in [6, 6.07) is 3.46. The zero-order valence-electron chi connectivity index (χ0n) is 15.0. The molecule has 10 heteroatoms. The number of hydrogen-bond acceptors (Lipinski definition) is 5. The van der Waals surface area contributed by atoms with E-state index in [4.69, 9.17) is 27.9 Å². The predicted molar refractivity (Wildman–Crippen MR) is 101 cm³/mol. The molecular weight excluding hydrogens is 403 g/mol. The van der Waals surface area contributed by atoms with Crippen molar-refractivity contribution in [1.29, 1.82) is 0 Å². The van der Waals surface area contributed by atoms with Crippen LogP contribution in [0.25, 0.3) is 0 Å². The van der Waals surface area contributed by atoms with E-state index in [9.17, 15) is 18.0 Å². The number of benzene rings is 1. The number of ether oxygens (including phenoxy) is 1. The summed E-state index contributed by atoms with van der Waals surface area (Å²) < 4.78 is 29.1. The van der Waals surface area contributed by atoms with Crippen LogP contribution in [-0.2, 0) is 24.3 Å². The summed E-state index contributed by atoms with van der Waals surface area (Å²) in [6.45, 7) is 3.20. The monoisotopic (exact) mass is 424 g/mol. The Morgan fingerprint density at radius 3 is 2.12 bits per heavy atom. The van der Waals surface area contributed by atoms with E-state index >= 15 is 0 Å². The van der Waals surface area contributed by atoms with Crippen LogP contribution in [0.4, 0.5) is 0 Å². The van der Waals surface area contributed by atoms with Gasteiger partial charge in [0.15, 0.2) is 6.04 Å². The highest BCUT2D eigenvalue weighted by molar-refractivity contribution is 7.88. The fraction of sp³-hybridized carbons (Fsp3) is 0.500. The van der Waals surface area contributed by atoms with E-state index in [0.29, 0.717) is 15.6 Å². The number of nitrogens with zero attached hydrogens (tertiary/aromatic N) is 2. The van der Waals surface area contributed by atoms with Crippen molar-refractivity contribution in [3.8, 4) is 0 Å². The Morgan fingerprint density at radius 1 is 1.15 bits per heavy atom. The van der Waals surface area contributed by atoms with Gasteiger partial charge >= 0.3 is 5.97 Å². The van der Waals surface area contributed by atoms with Gasteiger partial charge in [-0.05, 0) is 37.6 Å². The molecule has 0 saturated heterocycles. The molecule has 0 bridgehead atoms. The quantitative estimate of drug-likeness (QED) is 0.597. The number of carbonyl (C=O) groups excluding carboxylic acids is 2. The fourth-order valence-corrected chi connectivity index (χ4v) is 3.19. The van der Waals surface area contributed by atoms with Crippen LogP contribution < -0.4 is 0 Å². The Balaban J connectivity index is 3.29. The molecule has 0 heterocycles. The molecule has 0 aliphatic carbocycles. The average molecular weight is 425 g/mol. The highest BCUT2D eigenvalue weighted by Gasteiger charge is 2.33. The van der Waals surface area contributed by atoms with Crippen molar-refractivity contribution in [2.24, 2.45) is 0 Å². The number of rotatable bonds is 8. The number of likely N-dealkylation sites (N-methyl/N-ethyl adjacent to an activating group) is 2. The van der Waals surface area contributed by atoms with Crippen LogP contribution in [0.1, 0.15) is 25.5 Å². The largest absolute Gasteiger partial charge is 0.464 e. The molecule has 1 aromatic carbocycles. The molecule has 0 radical (unpaired) electrons. The molecule has 146 valence electrons. The van der Waals surface area contributed by atoms with E-state index < -0.39 is 34.5 Å². The lowest BCUT2D eigenvalue weighted by Gasteiger charge is -2.31. The van der Waals surface area contributed by atoms with Crippen LogP contribution in [0.2, 0.25) is 10.0 Å². The second-order valence-corrected chi connectivity index (χ2v) is 8.52. The van der Waals surface area contributed by atoms with Crippen molar-refractivity contribution < 1.29 is 22.7 Å². The molecule has 0 aliphatic heterocycles. The number of sulfonamides is 1. The first kappa shape index (κ1) is 22.7. The zero-order chi connectivity index (χ0) is 20.1. The van der Waals surface area contributed by atoms with Crippen molar-refractivity contribution in [1.82, 2.24) is 9.21 Å². The maximum Gasteiger partial charge on any atom is 0.333 e. The van der Waals surface area contributed by atoms with Gasteiger partial charge in [0.25, 0.3) is 0 Å². The zero-order valence-corrected chi connectivity index (χ0v) is 17.4. The minimum absolute atomic E-state index is 0.124. The molecule has 0 spiro atoms. The van der Waals surface area contributed by atoms with Gasteiger partial charge in [-0.2, -0.15) is 4.31 Å². The summed E-state index contributed by atoms with van der Waals surface area (Å²) in [5.41, 5.74) is 0.387. The molecule has 1 atom stereocenters. The van der Waals surface area contributed by atoms with Crippen molar-refractivity contribution >= 4 is 45.1 Å². The normalized spacial score (nSPS) is 12.7. The minimum atomic E-state index is -3.55. The highest BCUT2D eigenvalue weighted by Crippen LogP contribution is 2.28. The number of amides is 1. The van der Waals surface area contributed by atoms with Gasteiger partial charge in [0.2, 0.25) is 15.9 Å². The van der Waals surface area contributed by atoms with E-state index in [1.54, 1.807) is 13.8 Å². The standard InChI is InChI=1S/C16H22Cl2N2O5S/c1-5-20(14(21)10-19(3)26(4,23)24)15(16(22)25-6-2)11-7-12(17)9-13(18)8-11/h7-9,15H,5-6,10H2,1-4H3. The van der Waals surface area contributed by atoms with Crippen molar-refractivity contribution in [3.05, 3.63) is 33.8 Å². The summed E-state index contributed by atoms with van der Waals surface area (Å²) in [6.07, 6.45) is 0.996. The lowest BCUT2D eigenvalue weighted by atomic mass is 10.0. The van der Waals surface area contributed by atoms with Crippen LogP contribution in [0.15, 0.2) is 18.2 Å². The maximum atomic E-state index is 12.7. The minimum Gasteiger partial charge on any atom is -0.464 e. The first-order valence-corrected chi connectivity index (χ1v) is 10.4. The van der Waals surface area contributed by atoms with Gasteiger partial charge in [-0.1, -0.05) is 23.2 Å². The van der Waals surface area contributed by atoms with E-state index in [0.717, 1.165) is 10.6 Å². The number of hydrogen-bond donors (Lipinski definition) is 0. The lowest BCUT2D eigenvalue weighted by molar-refractivity contribution is -0.155. The Morgan fingerprint density at radius 2 is 1.69 bits per heavy atom. The second-order valence-electron chi connectivity index (χ2n) is 5.56. The second kappa shape index (κ2) is 9.55. The Kier molecular flexibility index (Phi) is 8.33. The number of carbonyl (C=O) groups is 2. The summed E-state index contributed by atoms with van der Waals surface area (Å²) in [5.74, 6) is -1.20. The van der Waals surface area contributed by atoms with Crippen LogP contribution >= 0.6 is 23.2 Å². The molecule has 0 aliphatic rings. The van der Waals surface area contributed by atoms with Gasteiger partial charge in [-0.25, -0.2) is 13.2 Å². The van der Waals surface area contributed by atoms with Crippen molar-refractivity contribution in [2.45, 2.75) is 19.9 Å². The van der Waals surface area contributed by atoms with Gasteiger partial charge in [0, 0.05) is 23.6 Å². The van der Waals surface area contributed by atoms with Gasteiger partial charge in [0.1, 0.15) is 0 Å². The topological polar surface area (TPSA) is 84.0 Å². The van der Waals surface area contributed by atoms with Crippen LogP contribution in [-0.4, -0.2) is 62.5 Å². The predicted octanol–water partition coefficient (Wildman–Crippen LogP) is 2.34. The van der Waals surface area contributed by atoms with Gasteiger partial charge in [-0.3, -0.25) is 4.79 Å². The number of halogens is 2. The average Bonchev–Trinajstić information content (AvgIpc) is 2.50. The molecule has 26 heavy (non-hydrogen) atoms. The SMILES string of the molecule is CCOC(=O)C(c1cc(Cl)cc(Cl)c1)N(CC)C(=O)CN(C)S(C)(=O)=O. The molecule has 1 unspecified atom stereocenters. The van der Waals surface area contributed by atoms with E-state index in [1.807, 2.05) is 0 Å². The summed E-state index contributed by atoms with van der Waals surface area (Å²) in [5, 5.41) is 0.608. The van der Waals surface area contributed by atoms with E-state index in [1.165, 1.54) is 30.1 Å².